The van der Waals surface area contributed by atoms with Crippen LogP contribution in [0.1, 0.15) is 23.1 Å². The molecule has 134 valence electrons. The number of benzene rings is 2. The maximum absolute atomic E-state index is 5.72. The highest BCUT2D eigenvalue weighted by Gasteiger charge is 2.12. The van der Waals surface area contributed by atoms with Crippen molar-refractivity contribution < 1.29 is 4.90 Å². The van der Waals surface area contributed by atoms with Crippen LogP contribution in [0, 0.1) is 13.8 Å². The first kappa shape index (κ1) is 19.4. The van der Waals surface area contributed by atoms with Crippen molar-refractivity contribution in [2.75, 3.05) is 32.5 Å². The van der Waals surface area contributed by atoms with E-state index in [4.69, 9.17) is 12.2 Å². The lowest BCUT2D eigenvalue weighted by molar-refractivity contribution is -0.858. The van der Waals surface area contributed by atoms with E-state index in [0.717, 1.165) is 36.9 Å². The second kappa shape index (κ2) is 9.54. The molecule has 0 amide bonds. The Kier molecular flexibility index (Phi) is 7.41. The number of hydrogen-bond acceptors (Lipinski definition) is 1. The Bertz CT molecular complexity index is 683. The van der Waals surface area contributed by atoms with Crippen LogP contribution in [0.4, 0.5) is 5.69 Å². The number of quaternary nitrogens is 1. The van der Waals surface area contributed by atoms with Crippen LogP contribution in [0.5, 0.6) is 0 Å². The molecular weight excluding hydrogens is 326 g/mol. The van der Waals surface area contributed by atoms with Crippen molar-refractivity contribution in [3.8, 4) is 0 Å². The molecule has 0 aliphatic carbocycles. The molecule has 2 aromatic carbocycles. The standard InChI is InChI=1S/C21H29N3S/c1-17-11-12-20(15-18(17)2)22-21(25)24(14-8-13-23(3)4)16-19-9-6-5-7-10-19/h5-7,9-12,15H,8,13-14,16H2,1-4H3,(H,22,25)/p+1. The molecule has 0 radical (unpaired) electrons. The highest BCUT2D eigenvalue weighted by atomic mass is 32.1. The van der Waals surface area contributed by atoms with Crippen LogP contribution in [-0.4, -0.2) is 37.2 Å². The second-order valence-corrected chi connectivity index (χ2v) is 7.33. The number of thiocarbonyl (C=S) groups is 1. The van der Waals surface area contributed by atoms with E-state index < -0.39 is 0 Å². The minimum absolute atomic E-state index is 0.792. The zero-order valence-corrected chi connectivity index (χ0v) is 16.6. The highest BCUT2D eigenvalue weighted by Crippen LogP contribution is 2.15. The minimum atomic E-state index is 0.792. The first-order valence-corrected chi connectivity index (χ1v) is 9.32. The molecule has 3 nitrogen and oxygen atoms in total. The van der Waals surface area contributed by atoms with Crippen LogP contribution >= 0.6 is 12.2 Å². The predicted molar refractivity (Wildman–Crippen MR) is 111 cm³/mol. The van der Waals surface area contributed by atoms with Gasteiger partial charge in [0.15, 0.2) is 5.11 Å². The molecule has 0 saturated carbocycles. The smallest absolute Gasteiger partial charge is 0.173 e. The van der Waals surface area contributed by atoms with E-state index in [9.17, 15) is 0 Å². The van der Waals surface area contributed by atoms with Gasteiger partial charge in [-0.05, 0) is 54.9 Å². The molecular formula is C21H30N3S+. The monoisotopic (exact) mass is 356 g/mol. The second-order valence-electron chi connectivity index (χ2n) is 6.95. The van der Waals surface area contributed by atoms with E-state index in [2.05, 4.69) is 86.7 Å². The Morgan fingerprint density at radius 2 is 1.76 bits per heavy atom. The molecule has 0 bridgehead atoms. The van der Waals surface area contributed by atoms with Crippen LogP contribution < -0.4 is 10.2 Å². The summed E-state index contributed by atoms with van der Waals surface area (Å²) >= 11 is 5.72. The van der Waals surface area contributed by atoms with Gasteiger partial charge in [0.25, 0.3) is 0 Å². The zero-order valence-electron chi connectivity index (χ0n) is 15.8. The van der Waals surface area contributed by atoms with Gasteiger partial charge in [-0.2, -0.15) is 0 Å². The molecule has 0 fully saturated rings. The molecule has 0 spiro atoms. The Labute approximate surface area is 157 Å². The fourth-order valence-electron chi connectivity index (χ4n) is 2.70. The molecule has 4 heteroatoms. The van der Waals surface area contributed by atoms with E-state index >= 15 is 0 Å². The Morgan fingerprint density at radius 3 is 2.40 bits per heavy atom. The van der Waals surface area contributed by atoms with Gasteiger partial charge in [-0.25, -0.2) is 0 Å². The van der Waals surface area contributed by atoms with Crippen molar-refractivity contribution in [3.63, 3.8) is 0 Å². The molecule has 2 aromatic rings. The van der Waals surface area contributed by atoms with Gasteiger partial charge in [0, 0.05) is 25.2 Å². The van der Waals surface area contributed by atoms with Crippen LogP contribution in [-0.2, 0) is 6.54 Å². The molecule has 0 heterocycles. The molecule has 0 unspecified atom stereocenters. The molecule has 0 atom stereocenters. The number of nitrogens with zero attached hydrogens (tertiary/aromatic N) is 1. The van der Waals surface area contributed by atoms with E-state index in [1.807, 2.05) is 0 Å². The predicted octanol–water partition coefficient (Wildman–Crippen LogP) is 3.04. The highest BCUT2D eigenvalue weighted by molar-refractivity contribution is 7.80. The third-order valence-electron chi connectivity index (χ3n) is 4.37. The van der Waals surface area contributed by atoms with E-state index in [1.54, 1.807) is 0 Å². The minimum Gasteiger partial charge on any atom is -0.344 e. The first-order valence-electron chi connectivity index (χ1n) is 8.92. The summed E-state index contributed by atoms with van der Waals surface area (Å²) in [6.07, 6.45) is 1.11. The summed E-state index contributed by atoms with van der Waals surface area (Å²) < 4.78 is 0. The molecule has 2 N–H and O–H groups in total. The van der Waals surface area contributed by atoms with Crippen LogP contribution in [0.3, 0.4) is 0 Å². The van der Waals surface area contributed by atoms with Gasteiger partial charge in [-0.3, -0.25) is 0 Å². The molecule has 0 aromatic heterocycles. The average molecular weight is 357 g/mol. The third kappa shape index (κ3) is 6.48. The third-order valence-corrected chi connectivity index (χ3v) is 4.73. The van der Waals surface area contributed by atoms with Crippen molar-refractivity contribution in [2.24, 2.45) is 0 Å². The average Bonchev–Trinajstić information content (AvgIpc) is 2.58. The zero-order chi connectivity index (χ0) is 18.2. The SMILES string of the molecule is Cc1ccc(NC(=S)N(CCC[NH+](C)C)Cc2ccccc2)cc1C. The normalized spacial score (nSPS) is 10.8. The van der Waals surface area contributed by atoms with Crippen molar-refractivity contribution in [1.29, 1.82) is 0 Å². The largest absolute Gasteiger partial charge is 0.344 e. The van der Waals surface area contributed by atoms with Gasteiger partial charge in [0.1, 0.15) is 0 Å². The quantitative estimate of drug-likeness (QED) is 0.744. The van der Waals surface area contributed by atoms with Crippen molar-refractivity contribution in [3.05, 3.63) is 65.2 Å². The number of anilines is 1. The Balaban J connectivity index is 2.06. The summed E-state index contributed by atoms with van der Waals surface area (Å²) in [5.41, 5.74) is 4.92. The lowest BCUT2D eigenvalue weighted by Crippen LogP contribution is -3.05. The summed E-state index contributed by atoms with van der Waals surface area (Å²) in [7, 11) is 4.38. The summed E-state index contributed by atoms with van der Waals surface area (Å²) in [4.78, 5) is 3.73. The van der Waals surface area contributed by atoms with Gasteiger partial charge in [0.2, 0.25) is 0 Å². The fourth-order valence-corrected chi connectivity index (χ4v) is 2.98. The lowest BCUT2D eigenvalue weighted by atomic mass is 10.1. The fraction of sp³-hybridized carbons (Fsp3) is 0.381. The maximum atomic E-state index is 5.72. The topological polar surface area (TPSA) is 19.7 Å². The summed E-state index contributed by atoms with van der Waals surface area (Å²) in [6, 6.07) is 16.9. The van der Waals surface area contributed by atoms with Gasteiger partial charge in [0.05, 0.1) is 20.6 Å². The number of rotatable bonds is 7. The van der Waals surface area contributed by atoms with Crippen molar-refractivity contribution in [1.82, 2.24) is 4.90 Å². The summed E-state index contributed by atoms with van der Waals surface area (Å²) in [5.74, 6) is 0. The Hall–Kier alpha value is -1.91. The Morgan fingerprint density at radius 1 is 1.04 bits per heavy atom. The van der Waals surface area contributed by atoms with Gasteiger partial charge in [-0.15, -0.1) is 0 Å². The van der Waals surface area contributed by atoms with Crippen molar-refractivity contribution >= 4 is 23.0 Å². The number of nitrogens with one attached hydrogen (secondary N) is 2. The molecule has 0 aliphatic rings. The van der Waals surface area contributed by atoms with Crippen molar-refractivity contribution in [2.45, 2.75) is 26.8 Å². The van der Waals surface area contributed by atoms with Crippen LogP contribution in [0.25, 0.3) is 0 Å². The molecule has 0 saturated heterocycles. The summed E-state index contributed by atoms with van der Waals surface area (Å²) in [5, 5.41) is 4.21. The van der Waals surface area contributed by atoms with Gasteiger partial charge < -0.3 is 15.1 Å². The maximum Gasteiger partial charge on any atom is 0.173 e. The molecule has 2 rings (SSSR count). The van der Waals surface area contributed by atoms with E-state index in [-0.39, 0.29) is 0 Å². The number of hydrogen-bond donors (Lipinski definition) is 2. The van der Waals surface area contributed by atoms with Crippen LogP contribution in [0.2, 0.25) is 0 Å². The van der Waals surface area contributed by atoms with E-state index in [0.29, 0.717) is 0 Å². The van der Waals surface area contributed by atoms with Gasteiger partial charge >= 0.3 is 0 Å². The van der Waals surface area contributed by atoms with Gasteiger partial charge in [-0.1, -0.05) is 36.4 Å². The van der Waals surface area contributed by atoms with Crippen LogP contribution in [0.15, 0.2) is 48.5 Å². The van der Waals surface area contributed by atoms with E-state index in [1.165, 1.54) is 21.6 Å². The summed E-state index contributed by atoms with van der Waals surface area (Å²) in [6.45, 7) is 7.18. The lowest BCUT2D eigenvalue weighted by Gasteiger charge is -2.26. The number of aryl methyl sites for hydroxylation is 2. The molecule has 25 heavy (non-hydrogen) atoms. The molecule has 0 aliphatic heterocycles. The first-order chi connectivity index (χ1) is 12.0.